The lowest BCUT2D eigenvalue weighted by atomic mass is 10.1. The van der Waals surface area contributed by atoms with Gasteiger partial charge in [0.2, 0.25) is 0 Å². The first kappa shape index (κ1) is 12.1. The van der Waals surface area contributed by atoms with E-state index in [-0.39, 0.29) is 0 Å². The number of benzene rings is 2. The molecule has 0 saturated carbocycles. The number of hydrogen-bond donors (Lipinski definition) is 0. The van der Waals surface area contributed by atoms with Crippen LogP contribution in [0.25, 0.3) is 6.08 Å². The van der Waals surface area contributed by atoms with Crippen molar-refractivity contribution in [3.05, 3.63) is 77.5 Å². The fourth-order valence-electron chi connectivity index (χ4n) is 1.53. The van der Waals surface area contributed by atoms with Gasteiger partial charge < -0.3 is 4.74 Å². The lowest BCUT2D eigenvalue weighted by molar-refractivity contribution is 0.112. The van der Waals surface area contributed by atoms with Crippen LogP contribution in [0, 0.1) is 0 Å². The molecule has 2 aromatic rings. The highest BCUT2D eigenvalue weighted by Gasteiger charge is 1.90. The summed E-state index contributed by atoms with van der Waals surface area (Å²) in [5.74, 6) is 0. The normalized spacial score (nSPS) is 10.4. The molecule has 0 heterocycles. The van der Waals surface area contributed by atoms with Crippen molar-refractivity contribution < 1.29 is 9.53 Å². The predicted molar refractivity (Wildman–Crippen MR) is 72.1 cm³/mol. The maximum Gasteiger partial charge on any atom is 0.150 e. The molecule has 0 aromatic heterocycles. The largest absolute Gasteiger partial charge is 0.496 e. The van der Waals surface area contributed by atoms with Crippen molar-refractivity contribution in [2.45, 2.75) is 6.61 Å². The predicted octanol–water partition coefficient (Wildman–Crippen LogP) is 3.69. The second-order valence-electron chi connectivity index (χ2n) is 3.88. The molecule has 0 bridgehead atoms. The molecule has 2 rings (SSSR count). The zero-order chi connectivity index (χ0) is 12.6. The smallest absolute Gasteiger partial charge is 0.150 e. The highest BCUT2D eigenvalue weighted by Crippen LogP contribution is 2.06. The van der Waals surface area contributed by atoms with E-state index in [2.05, 4.69) is 0 Å². The van der Waals surface area contributed by atoms with Gasteiger partial charge in [-0.1, -0.05) is 54.6 Å². The first-order valence-electron chi connectivity index (χ1n) is 5.76. The number of carbonyl (C=O) groups is 1. The second kappa shape index (κ2) is 6.40. The maximum absolute atomic E-state index is 10.5. The van der Waals surface area contributed by atoms with Gasteiger partial charge >= 0.3 is 0 Å². The van der Waals surface area contributed by atoms with E-state index in [0.29, 0.717) is 12.2 Å². The SMILES string of the molecule is O=Cc1ccc(C=COCc2ccccc2)cc1. The summed E-state index contributed by atoms with van der Waals surface area (Å²) in [6, 6.07) is 17.3. The van der Waals surface area contributed by atoms with E-state index in [9.17, 15) is 4.79 Å². The first-order chi connectivity index (χ1) is 8.88. The molecule has 0 radical (unpaired) electrons. The van der Waals surface area contributed by atoms with E-state index in [1.54, 1.807) is 18.4 Å². The third-order valence-corrected chi connectivity index (χ3v) is 2.52. The molecule has 90 valence electrons. The Balaban J connectivity index is 1.85. The van der Waals surface area contributed by atoms with Gasteiger partial charge in [-0.05, 0) is 17.2 Å². The van der Waals surface area contributed by atoms with Crippen molar-refractivity contribution >= 4 is 12.4 Å². The Kier molecular flexibility index (Phi) is 4.31. The van der Waals surface area contributed by atoms with Crippen LogP contribution in [0.1, 0.15) is 21.5 Å². The Morgan fingerprint density at radius 1 is 0.889 bits per heavy atom. The Hall–Kier alpha value is -2.35. The van der Waals surface area contributed by atoms with Crippen molar-refractivity contribution in [2.24, 2.45) is 0 Å². The Morgan fingerprint density at radius 2 is 1.56 bits per heavy atom. The maximum atomic E-state index is 10.5. The average Bonchev–Trinajstić information content (AvgIpc) is 2.45. The molecule has 0 fully saturated rings. The number of aldehydes is 1. The summed E-state index contributed by atoms with van der Waals surface area (Å²) in [5, 5.41) is 0. The van der Waals surface area contributed by atoms with E-state index >= 15 is 0 Å². The van der Waals surface area contributed by atoms with Crippen molar-refractivity contribution in [1.29, 1.82) is 0 Å². The quantitative estimate of drug-likeness (QED) is 0.586. The van der Waals surface area contributed by atoms with Gasteiger partial charge in [0.1, 0.15) is 12.9 Å². The van der Waals surface area contributed by atoms with Gasteiger partial charge in [0, 0.05) is 5.56 Å². The van der Waals surface area contributed by atoms with Crippen LogP contribution in [-0.2, 0) is 11.3 Å². The Morgan fingerprint density at radius 3 is 2.22 bits per heavy atom. The van der Waals surface area contributed by atoms with Crippen LogP contribution in [0.5, 0.6) is 0 Å². The van der Waals surface area contributed by atoms with Crippen molar-refractivity contribution in [3.8, 4) is 0 Å². The van der Waals surface area contributed by atoms with Gasteiger partial charge in [0.25, 0.3) is 0 Å². The number of ether oxygens (including phenoxy) is 1. The van der Waals surface area contributed by atoms with E-state index in [1.807, 2.05) is 48.5 Å². The molecule has 0 aliphatic heterocycles. The number of rotatable bonds is 5. The highest BCUT2D eigenvalue weighted by molar-refractivity contribution is 5.75. The molecular weight excluding hydrogens is 224 g/mol. The standard InChI is InChI=1S/C16H14O2/c17-12-15-8-6-14(7-9-15)10-11-18-13-16-4-2-1-3-5-16/h1-12H,13H2. The molecule has 2 heteroatoms. The van der Waals surface area contributed by atoms with E-state index in [0.717, 1.165) is 17.4 Å². The van der Waals surface area contributed by atoms with Crippen LogP contribution >= 0.6 is 0 Å². The van der Waals surface area contributed by atoms with Gasteiger partial charge in [-0.15, -0.1) is 0 Å². The molecule has 2 aromatic carbocycles. The average molecular weight is 238 g/mol. The molecule has 0 saturated heterocycles. The molecule has 0 spiro atoms. The summed E-state index contributed by atoms with van der Waals surface area (Å²) < 4.78 is 5.43. The van der Waals surface area contributed by atoms with Gasteiger partial charge in [0.15, 0.2) is 0 Å². The summed E-state index contributed by atoms with van der Waals surface area (Å²) in [4.78, 5) is 10.5. The molecule has 0 aliphatic rings. The van der Waals surface area contributed by atoms with Crippen LogP contribution in [-0.4, -0.2) is 6.29 Å². The topological polar surface area (TPSA) is 26.3 Å². The minimum Gasteiger partial charge on any atom is -0.496 e. The third-order valence-electron chi connectivity index (χ3n) is 2.52. The minimum atomic E-state index is 0.559. The van der Waals surface area contributed by atoms with Crippen LogP contribution in [0.3, 0.4) is 0 Å². The molecule has 18 heavy (non-hydrogen) atoms. The van der Waals surface area contributed by atoms with Gasteiger partial charge in [0.05, 0.1) is 6.26 Å². The monoisotopic (exact) mass is 238 g/mol. The van der Waals surface area contributed by atoms with Crippen LogP contribution in [0.15, 0.2) is 60.9 Å². The molecule has 0 aliphatic carbocycles. The fraction of sp³-hybridized carbons (Fsp3) is 0.0625. The fourth-order valence-corrected chi connectivity index (χ4v) is 1.53. The zero-order valence-corrected chi connectivity index (χ0v) is 9.95. The lowest BCUT2D eigenvalue weighted by Crippen LogP contribution is -1.85. The van der Waals surface area contributed by atoms with Gasteiger partial charge in [-0.2, -0.15) is 0 Å². The van der Waals surface area contributed by atoms with Crippen LogP contribution in [0.4, 0.5) is 0 Å². The summed E-state index contributed by atoms with van der Waals surface area (Å²) in [6.07, 6.45) is 4.37. The highest BCUT2D eigenvalue weighted by atomic mass is 16.5. The van der Waals surface area contributed by atoms with Crippen molar-refractivity contribution in [1.82, 2.24) is 0 Å². The first-order valence-corrected chi connectivity index (χ1v) is 5.76. The number of carbonyl (C=O) groups excluding carboxylic acids is 1. The summed E-state index contributed by atoms with van der Waals surface area (Å²) >= 11 is 0. The lowest BCUT2D eigenvalue weighted by Gasteiger charge is -2.00. The minimum absolute atomic E-state index is 0.559. The zero-order valence-electron chi connectivity index (χ0n) is 9.95. The molecule has 2 nitrogen and oxygen atoms in total. The van der Waals surface area contributed by atoms with E-state index in [1.165, 1.54) is 0 Å². The molecule has 0 N–H and O–H groups in total. The molecule has 0 atom stereocenters. The van der Waals surface area contributed by atoms with E-state index in [4.69, 9.17) is 4.74 Å². The summed E-state index contributed by atoms with van der Waals surface area (Å²) in [5.41, 5.74) is 2.82. The summed E-state index contributed by atoms with van der Waals surface area (Å²) in [7, 11) is 0. The molecule has 0 amide bonds. The van der Waals surface area contributed by atoms with E-state index < -0.39 is 0 Å². The van der Waals surface area contributed by atoms with Gasteiger partial charge in [-0.3, -0.25) is 4.79 Å². The summed E-state index contributed by atoms with van der Waals surface area (Å²) in [6.45, 7) is 0.559. The molecule has 0 unspecified atom stereocenters. The van der Waals surface area contributed by atoms with Crippen LogP contribution in [0.2, 0.25) is 0 Å². The second-order valence-corrected chi connectivity index (χ2v) is 3.88. The Labute approximate surface area is 107 Å². The van der Waals surface area contributed by atoms with Crippen LogP contribution < -0.4 is 0 Å². The number of hydrogen-bond acceptors (Lipinski definition) is 2. The Bertz CT molecular complexity index is 513. The van der Waals surface area contributed by atoms with Crippen molar-refractivity contribution in [3.63, 3.8) is 0 Å². The molecular formula is C16H14O2. The van der Waals surface area contributed by atoms with Gasteiger partial charge in [-0.25, -0.2) is 0 Å². The van der Waals surface area contributed by atoms with Crippen molar-refractivity contribution in [2.75, 3.05) is 0 Å². The third kappa shape index (κ3) is 3.59.